The third-order valence-corrected chi connectivity index (χ3v) is 4.34. The quantitative estimate of drug-likeness (QED) is 0.755. The van der Waals surface area contributed by atoms with Gasteiger partial charge in [-0.3, -0.25) is 9.89 Å². The second-order valence-corrected chi connectivity index (χ2v) is 6.26. The van der Waals surface area contributed by atoms with Crippen LogP contribution in [-0.4, -0.2) is 23.2 Å². The van der Waals surface area contributed by atoms with Crippen LogP contribution in [0.2, 0.25) is 0 Å². The van der Waals surface area contributed by atoms with Gasteiger partial charge in [-0.25, -0.2) is 0 Å². The molecule has 0 atom stereocenters. The van der Waals surface area contributed by atoms with E-state index >= 15 is 0 Å². The van der Waals surface area contributed by atoms with Crippen LogP contribution in [0.3, 0.4) is 0 Å². The van der Waals surface area contributed by atoms with Gasteiger partial charge in [-0.2, -0.15) is 5.10 Å². The molecule has 0 bridgehead atoms. The highest BCUT2D eigenvalue weighted by Crippen LogP contribution is 2.39. The zero-order chi connectivity index (χ0) is 17.2. The van der Waals surface area contributed by atoms with E-state index < -0.39 is 0 Å². The van der Waals surface area contributed by atoms with Crippen molar-refractivity contribution in [2.24, 2.45) is 0 Å². The maximum atomic E-state index is 12.6. The molecule has 1 saturated carbocycles. The van der Waals surface area contributed by atoms with Crippen molar-refractivity contribution in [2.45, 2.75) is 18.8 Å². The predicted molar refractivity (Wildman–Crippen MR) is 96.3 cm³/mol. The van der Waals surface area contributed by atoms with Crippen molar-refractivity contribution in [1.29, 1.82) is 0 Å². The fourth-order valence-electron chi connectivity index (χ4n) is 2.70. The number of aromatic amines is 1. The zero-order valence-electron chi connectivity index (χ0n) is 14.0. The molecule has 1 aromatic heterocycles. The van der Waals surface area contributed by atoms with E-state index in [1.807, 2.05) is 60.7 Å². The summed E-state index contributed by atoms with van der Waals surface area (Å²) in [6.45, 7) is 0. The molecular weight excluding hydrogens is 314 g/mol. The van der Waals surface area contributed by atoms with Gasteiger partial charge in [0.05, 0.1) is 0 Å². The van der Waals surface area contributed by atoms with Gasteiger partial charge in [-0.05, 0) is 55.3 Å². The zero-order valence-corrected chi connectivity index (χ0v) is 14.0. The second-order valence-electron chi connectivity index (χ2n) is 6.26. The van der Waals surface area contributed by atoms with Gasteiger partial charge in [0.1, 0.15) is 11.5 Å². The number of rotatable bonds is 5. The van der Waals surface area contributed by atoms with Crippen LogP contribution in [0.4, 0.5) is 5.69 Å². The number of aromatic nitrogens is 2. The minimum Gasteiger partial charge on any atom is -0.457 e. The average molecular weight is 333 g/mol. The first kappa shape index (κ1) is 15.4. The van der Waals surface area contributed by atoms with Crippen LogP contribution in [0.15, 0.2) is 60.7 Å². The SMILES string of the molecule is CN(C(=O)c1cc(C2CC2)[nH]n1)c1ccc(Oc2ccccc2)cc1. The smallest absolute Gasteiger partial charge is 0.278 e. The molecule has 0 aliphatic heterocycles. The molecule has 25 heavy (non-hydrogen) atoms. The number of H-pyrrole nitrogens is 1. The maximum Gasteiger partial charge on any atom is 0.278 e. The van der Waals surface area contributed by atoms with E-state index in [9.17, 15) is 4.79 Å². The summed E-state index contributed by atoms with van der Waals surface area (Å²) in [4.78, 5) is 14.2. The number of hydrogen-bond acceptors (Lipinski definition) is 3. The van der Waals surface area contributed by atoms with Gasteiger partial charge < -0.3 is 9.64 Å². The van der Waals surface area contributed by atoms with Crippen LogP contribution in [0.5, 0.6) is 11.5 Å². The number of nitrogens with zero attached hydrogens (tertiary/aromatic N) is 2. The number of ether oxygens (including phenoxy) is 1. The summed E-state index contributed by atoms with van der Waals surface area (Å²) in [6.07, 6.45) is 2.35. The largest absolute Gasteiger partial charge is 0.457 e. The molecule has 1 aliphatic carbocycles. The number of benzene rings is 2. The summed E-state index contributed by atoms with van der Waals surface area (Å²) in [6, 6.07) is 18.9. The van der Waals surface area contributed by atoms with Crippen LogP contribution < -0.4 is 9.64 Å². The Morgan fingerprint density at radius 1 is 1.08 bits per heavy atom. The van der Waals surface area contributed by atoms with Crippen LogP contribution in [-0.2, 0) is 0 Å². The number of anilines is 1. The number of carbonyl (C=O) groups excluding carboxylic acids is 1. The molecule has 1 heterocycles. The minimum atomic E-state index is -0.125. The molecule has 5 heteroatoms. The van der Waals surface area contributed by atoms with Crippen LogP contribution >= 0.6 is 0 Å². The fourth-order valence-corrected chi connectivity index (χ4v) is 2.70. The Morgan fingerprint density at radius 2 is 1.76 bits per heavy atom. The Bertz CT molecular complexity index is 867. The lowest BCUT2D eigenvalue weighted by atomic mass is 10.2. The van der Waals surface area contributed by atoms with Crippen molar-refractivity contribution >= 4 is 11.6 Å². The highest BCUT2D eigenvalue weighted by Gasteiger charge is 2.27. The molecule has 2 aromatic carbocycles. The molecule has 1 N–H and O–H groups in total. The topological polar surface area (TPSA) is 58.2 Å². The lowest BCUT2D eigenvalue weighted by molar-refractivity contribution is 0.0988. The monoisotopic (exact) mass is 333 g/mol. The first-order chi connectivity index (χ1) is 12.2. The third-order valence-electron chi connectivity index (χ3n) is 4.34. The van der Waals surface area contributed by atoms with E-state index in [1.165, 1.54) is 12.8 Å². The summed E-state index contributed by atoms with van der Waals surface area (Å²) >= 11 is 0. The molecule has 5 nitrogen and oxygen atoms in total. The van der Waals surface area contributed by atoms with Crippen molar-refractivity contribution in [3.8, 4) is 11.5 Å². The summed E-state index contributed by atoms with van der Waals surface area (Å²) < 4.78 is 5.77. The molecule has 0 spiro atoms. The van der Waals surface area contributed by atoms with Crippen LogP contribution in [0, 0.1) is 0 Å². The van der Waals surface area contributed by atoms with E-state index in [-0.39, 0.29) is 5.91 Å². The van der Waals surface area contributed by atoms with Gasteiger partial charge in [-0.1, -0.05) is 18.2 Å². The summed E-state index contributed by atoms with van der Waals surface area (Å²) in [5.41, 5.74) is 2.30. The normalized spacial score (nSPS) is 13.5. The second kappa shape index (κ2) is 6.43. The molecule has 1 fully saturated rings. The number of amides is 1. The summed E-state index contributed by atoms with van der Waals surface area (Å²) in [7, 11) is 1.75. The Labute approximate surface area is 146 Å². The van der Waals surface area contributed by atoms with Gasteiger partial charge in [0, 0.05) is 24.3 Å². The van der Waals surface area contributed by atoms with Gasteiger partial charge in [-0.15, -0.1) is 0 Å². The number of carbonyl (C=O) groups is 1. The fraction of sp³-hybridized carbons (Fsp3) is 0.200. The van der Waals surface area contributed by atoms with Gasteiger partial charge in [0.15, 0.2) is 5.69 Å². The molecule has 0 unspecified atom stereocenters. The van der Waals surface area contributed by atoms with Crippen molar-refractivity contribution in [2.75, 3.05) is 11.9 Å². The Morgan fingerprint density at radius 3 is 2.44 bits per heavy atom. The molecule has 4 rings (SSSR count). The predicted octanol–water partition coefficient (Wildman–Crippen LogP) is 4.36. The summed E-state index contributed by atoms with van der Waals surface area (Å²) in [5, 5.41) is 7.13. The van der Waals surface area contributed by atoms with Crippen molar-refractivity contribution < 1.29 is 9.53 Å². The maximum absolute atomic E-state index is 12.6. The van der Waals surface area contributed by atoms with Crippen LogP contribution in [0.25, 0.3) is 0 Å². The molecule has 3 aromatic rings. The van der Waals surface area contributed by atoms with E-state index in [0.717, 1.165) is 22.9 Å². The molecule has 0 saturated heterocycles. The van der Waals surface area contributed by atoms with Crippen LogP contribution in [0.1, 0.15) is 34.9 Å². The Hall–Kier alpha value is -3.08. The molecular formula is C20H19N3O2. The van der Waals surface area contributed by atoms with E-state index in [0.29, 0.717) is 11.6 Å². The number of nitrogens with one attached hydrogen (secondary N) is 1. The Balaban J connectivity index is 1.45. The highest BCUT2D eigenvalue weighted by molar-refractivity contribution is 6.04. The third kappa shape index (κ3) is 3.40. The first-order valence-electron chi connectivity index (χ1n) is 8.37. The van der Waals surface area contributed by atoms with Crippen molar-refractivity contribution in [1.82, 2.24) is 10.2 Å². The van der Waals surface area contributed by atoms with E-state index in [2.05, 4.69) is 10.2 Å². The van der Waals surface area contributed by atoms with E-state index in [1.54, 1.807) is 11.9 Å². The van der Waals surface area contributed by atoms with E-state index in [4.69, 9.17) is 4.74 Å². The lowest BCUT2D eigenvalue weighted by Gasteiger charge is -2.16. The standard InChI is InChI=1S/C20H19N3O2/c1-23(20(24)19-13-18(21-22-19)14-7-8-14)15-9-11-17(12-10-15)25-16-5-3-2-4-6-16/h2-6,9-14H,7-8H2,1H3,(H,21,22). The summed E-state index contributed by atoms with van der Waals surface area (Å²) in [5.74, 6) is 1.93. The average Bonchev–Trinajstić information content (AvgIpc) is 3.39. The van der Waals surface area contributed by atoms with Crippen molar-refractivity contribution in [3.05, 3.63) is 72.1 Å². The molecule has 1 amide bonds. The van der Waals surface area contributed by atoms with Gasteiger partial charge >= 0.3 is 0 Å². The van der Waals surface area contributed by atoms with Crippen molar-refractivity contribution in [3.63, 3.8) is 0 Å². The molecule has 1 aliphatic rings. The first-order valence-corrected chi connectivity index (χ1v) is 8.37. The lowest BCUT2D eigenvalue weighted by Crippen LogP contribution is -2.26. The van der Waals surface area contributed by atoms with Gasteiger partial charge in [0.2, 0.25) is 0 Å². The number of hydrogen-bond donors (Lipinski definition) is 1. The highest BCUT2D eigenvalue weighted by atomic mass is 16.5. The number of para-hydroxylation sites is 1. The Kier molecular flexibility index (Phi) is 3.98. The van der Waals surface area contributed by atoms with Gasteiger partial charge in [0.25, 0.3) is 5.91 Å². The molecule has 126 valence electrons. The minimum absolute atomic E-state index is 0.125. The molecule has 0 radical (unpaired) electrons.